The summed E-state index contributed by atoms with van der Waals surface area (Å²) in [6.45, 7) is 13.7. The highest BCUT2D eigenvalue weighted by Crippen LogP contribution is 2.37. The van der Waals surface area contributed by atoms with Crippen LogP contribution in [-0.2, 0) is 4.43 Å². The predicted molar refractivity (Wildman–Crippen MR) is 112 cm³/mol. The molecule has 2 atom stereocenters. The largest absolute Gasteiger partial charge is 0.411 e. The number of thioether (sulfide) groups is 1. The molecule has 0 unspecified atom stereocenters. The van der Waals surface area contributed by atoms with Gasteiger partial charge in [0.2, 0.25) is 0 Å². The van der Waals surface area contributed by atoms with Gasteiger partial charge in [-0.25, -0.2) is 0 Å². The summed E-state index contributed by atoms with van der Waals surface area (Å²) < 4.78 is 6.45. The summed E-state index contributed by atoms with van der Waals surface area (Å²) in [6, 6.07) is 0.425. The first-order valence-corrected chi connectivity index (χ1v) is 13.2. The van der Waals surface area contributed by atoms with E-state index < -0.39 is 8.32 Å². The smallest absolute Gasteiger partial charge is 0.192 e. The lowest BCUT2D eigenvalue weighted by Gasteiger charge is -2.38. The van der Waals surface area contributed by atoms with E-state index in [0.717, 1.165) is 25.7 Å². The van der Waals surface area contributed by atoms with Crippen LogP contribution >= 0.6 is 11.8 Å². The molecule has 1 rings (SSSR count). The van der Waals surface area contributed by atoms with Gasteiger partial charge < -0.3 is 4.43 Å². The third kappa shape index (κ3) is 7.17. The molecular weight excluding hydrogens is 330 g/mol. The standard InChI is InChI=1S/C20H35NOSSi/c1-8-18(22-24(6,7)20(2,3)4)14-12-10-9-11-13-17-15-16-19(21-17)23-5/h12,14,17-18H,8,10,13,15-16H2,1-7H3/b14-12-/t17-,18+/m1/s1. The molecule has 1 aliphatic rings. The lowest BCUT2D eigenvalue weighted by Crippen LogP contribution is -2.43. The van der Waals surface area contributed by atoms with Crippen molar-refractivity contribution < 1.29 is 4.43 Å². The predicted octanol–water partition coefficient (Wildman–Crippen LogP) is 6.05. The summed E-state index contributed by atoms with van der Waals surface area (Å²) in [7, 11) is -1.70. The van der Waals surface area contributed by atoms with Gasteiger partial charge in [-0.05, 0) is 43.7 Å². The molecule has 0 saturated heterocycles. The number of hydrogen-bond acceptors (Lipinski definition) is 3. The van der Waals surface area contributed by atoms with E-state index in [2.05, 4.69) is 76.0 Å². The fourth-order valence-corrected chi connectivity index (χ4v) is 4.21. The van der Waals surface area contributed by atoms with E-state index in [1.807, 2.05) is 0 Å². The van der Waals surface area contributed by atoms with Crippen LogP contribution in [0, 0.1) is 11.8 Å². The summed E-state index contributed by atoms with van der Waals surface area (Å²) in [5, 5.41) is 1.54. The van der Waals surface area contributed by atoms with Gasteiger partial charge in [-0.15, -0.1) is 17.7 Å². The quantitative estimate of drug-likeness (QED) is 0.324. The molecule has 0 fully saturated rings. The van der Waals surface area contributed by atoms with Crippen molar-refractivity contribution >= 4 is 25.1 Å². The van der Waals surface area contributed by atoms with Crippen LogP contribution in [0.4, 0.5) is 0 Å². The minimum atomic E-state index is -1.70. The molecule has 0 spiro atoms. The average molecular weight is 366 g/mol. The number of nitrogens with zero attached hydrogens (tertiary/aromatic N) is 1. The minimum Gasteiger partial charge on any atom is -0.411 e. The van der Waals surface area contributed by atoms with E-state index in [0.29, 0.717) is 6.04 Å². The Kier molecular flexibility index (Phi) is 8.84. The van der Waals surface area contributed by atoms with Crippen LogP contribution in [0.15, 0.2) is 17.1 Å². The summed E-state index contributed by atoms with van der Waals surface area (Å²) in [5.41, 5.74) is 0. The van der Waals surface area contributed by atoms with E-state index in [1.165, 1.54) is 11.5 Å². The molecule has 0 bridgehead atoms. The molecule has 0 radical (unpaired) electrons. The molecule has 1 aliphatic heterocycles. The minimum absolute atomic E-state index is 0.219. The van der Waals surface area contributed by atoms with Gasteiger partial charge in [0.05, 0.1) is 17.2 Å². The van der Waals surface area contributed by atoms with Crippen molar-refractivity contribution in [2.45, 2.75) is 90.1 Å². The molecule has 0 aliphatic carbocycles. The van der Waals surface area contributed by atoms with Crippen molar-refractivity contribution in [3.05, 3.63) is 12.2 Å². The van der Waals surface area contributed by atoms with Crippen LogP contribution in [0.5, 0.6) is 0 Å². The number of allylic oxidation sites excluding steroid dienone is 1. The zero-order valence-corrected chi connectivity index (χ0v) is 18.4. The highest BCUT2D eigenvalue weighted by atomic mass is 32.2. The van der Waals surface area contributed by atoms with E-state index in [4.69, 9.17) is 4.43 Å². The van der Waals surface area contributed by atoms with Crippen molar-refractivity contribution in [2.75, 3.05) is 6.26 Å². The van der Waals surface area contributed by atoms with Gasteiger partial charge in [0.15, 0.2) is 8.32 Å². The first-order valence-electron chi connectivity index (χ1n) is 9.10. The van der Waals surface area contributed by atoms with Crippen molar-refractivity contribution in [3.8, 4) is 11.8 Å². The molecular formula is C20H35NOSSi. The lowest BCUT2D eigenvalue weighted by molar-refractivity contribution is 0.220. The molecule has 2 nitrogen and oxygen atoms in total. The highest BCUT2D eigenvalue weighted by molar-refractivity contribution is 8.13. The Morgan fingerprint density at radius 2 is 2.08 bits per heavy atom. The Bertz CT molecular complexity index is 508. The first-order chi connectivity index (χ1) is 11.2. The molecule has 0 N–H and O–H groups in total. The van der Waals surface area contributed by atoms with Crippen LogP contribution in [-0.4, -0.2) is 31.8 Å². The number of aliphatic imine (C=N–C) groups is 1. The maximum Gasteiger partial charge on any atom is 0.192 e. The molecule has 0 aromatic rings. The normalized spacial score (nSPS) is 20.0. The van der Waals surface area contributed by atoms with Crippen molar-refractivity contribution in [3.63, 3.8) is 0 Å². The van der Waals surface area contributed by atoms with Crippen molar-refractivity contribution in [2.24, 2.45) is 4.99 Å². The molecule has 24 heavy (non-hydrogen) atoms. The van der Waals surface area contributed by atoms with Crippen molar-refractivity contribution in [1.82, 2.24) is 0 Å². The molecule has 4 heteroatoms. The van der Waals surface area contributed by atoms with Crippen LogP contribution < -0.4 is 0 Å². The Balaban J connectivity index is 2.40. The molecule has 0 aromatic heterocycles. The van der Waals surface area contributed by atoms with Crippen LogP contribution in [0.25, 0.3) is 0 Å². The molecule has 0 aromatic carbocycles. The Morgan fingerprint density at radius 1 is 1.38 bits per heavy atom. The van der Waals surface area contributed by atoms with E-state index in [1.54, 1.807) is 11.8 Å². The van der Waals surface area contributed by atoms with Gasteiger partial charge >= 0.3 is 0 Å². The van der Waals surface area contributed by atoms with Gasteiger partial charge in [-0.2, -0.15) is 0 Å². The van der Waals surface area contributed by atoms with Crippen LogP contribution in [0.1, 0.15) is 59.8 Å². The van der Waals surface area contributed by atoms with Gasteiger partial charge in [-0.3, -0.25) is 4.99 Å². The molecule has 136 valence electrons. The monoisotopic (exact) mass is 365 g/mol. The SMILES string of the molecule is CC[C@@H](/C=C\CC#CC[C@@H]1CCC(SC)=N1)O[Si](C)(C)C(C)(C)C. The number of rotatable bonds is 6. The van der Waals surface area contributed by atoms with Gasteiger partial charge in [0, 0.05) is 12.8 Å². The Labute approximate surface area is 155 Å². The fraction of sp³-hybridized carbons (Fsp3) is 0.750. The average Bonchev–Trinajstić information content (AvgIpc) is 2.96. The third-order valence-electron chi connectivity index (χ3n) is 4.94. The van der Waals surface area contributed by atoms with Gasteiger partial charge in [0.25, 0.3) is 0 Å². The third-order valence-corrected chi connectivity index (χ3v) is 10.2. The summed E-state index contributed by atoms with van der Waals surface area (Å²) in [4.78, 5) is 4.67. The van der Waals surface area contributed by atoms with Gasteiger partial charge in [0.1, 0.15) is 0 Å². The van der Waals surface area contributed by atoms with Crippen molar-refractivity contribution in [1.29, 1.82) is 0 Å². The zero-order chi connectivity index (χ0) is 18.2. The van der Waals surface area contributed by atoms with E-state index in [-0.39, 0.29) is 11.1 Å². The van der Waals surface area contributed by atoms with Crippen LogP contribution in [0.2, 0.25) is 18.1 Å². The first kappa shape index (κ1) is 21.5. The second-order valence-electron chi connectivity index (χ2n) is 7.93. The molecule has 0 amide bonds. The van der Waals surface area contributed by atoms with Gasteiger partial charge in [-0.1, -0.05) is 45.8 Å². The molecule has 0 saturated carbocycles. The zero-order valence-electron chi connectivity index (χ0n) is 16.6. The summed E-state index contributed by atoms with van der Waals surface area (Å²) in [6.07, 6.45) is 11.7. The topological polar surface area (TPSA) is 21.6 Å². The maximum absolute atomic E-state index is 6.45. The van der Waals surface area contributed by atoms with E-state index in [9.17, 15) is 0 Å². The summed E-state index contributed by atoms with van der Waals surface area (Å²) in [5.74, 6) is 6.55. The number of hydrogen-bond donors (Lipinski definition) is 0. The fourth-order valence-electron chi connectivity index (χ4n) is 2.28. The van der Waals surface area contributed by atoms with Crippen LogP contribution in [0.3, 0.4) is 0 Å². The maximum atomic E-state index is 6.45. The Morgan fingerprint density at radius 3 is 2.62 bits per heavy atom. The second kappa shape index (κ2) is 9.84. The molecule has 1 heterocycles. The lowest BCUT2D eigenvalue weighted by atomic mass is 10.1. The highest BCUT2D eigenvalue weighted by Gasteiger charge is 2.38. The van der Waals surface area contributed by atoms with E-state index >= 15 is 0 Å². The Hall–Kier alpha value is -0.503. The summed E-state index contributed by atoms with van der Waals surface area (Å²) >= 11 is 1.78. The second-order valence-corrected chi connectivity index (χ2v) is 13.6.